The lowest BCUT2D eigenvalue weighted by atomic mass is 10.0. The van der Waals surface area contributed by atoms with E-state index in [0.29, 0.717) is 5.69 Å². The van der Waals surface area contributed by atoms with Crippen molar-refractivity contribution in [1.82, 2.24) is 25.2 Å². The van der Waals surface area contributed by atoms with E-state index >= 15 is 0 Å². The molecule has 0 atom stereocenters. The zero-order valence-corrected chi connectivity index (χ0v) is 14.3. The molecule has 3 heterocycles. The largest absolute Gasteiger partial charge is 0.348 e. The van der Waals surface area contributed by atoms with Crippen LogP contribution in [0.5, 0.6) is 0 Å². The average molecular weight is 331 g/mol. The number of thiazole rings is 1. The van der Waals surface area contributed by atoms with E-state index in [0.717, 1.165) is 43.2 Å². The highest BCUT2D eigenvalue weighted by molar-refractivity contribution is 7.11. The number of aromatic nitrogens is 3. The number of amides is 1. The van der Waals surface area contributed by atoms with E-state index in [1.807, 2.05) is 0 Å². The number of hydrogen-bond donors (Lipinski definition) is 1. The molecule has 0 unspecified atom stereocenters. The highest BCUT2D eigenvalue weighted by Crippen LogP contribution is 2.21. The Kier molecular flexibility index (Phi) is 4.97. The Morgan fingerprint density at radius 1 is 1.35 bits per heavy atom. The van der Waals surface area contributed by atoms with Gasteiger partial charge in [-0.2, -0.15) is 0 Å². The number of nitrogens with one attached hydrogen (secondary N) is 1. The second kappa shape index (κ2) is 7.14. The molecule has 2 aromatic rings. The third-order valence-electron chi connectivity index (χ3n) is 4.09. The molecule has 1 N–H and O–H groups in total. The van der Waals surface area contributed by atoms with Gasteiger partial charge in [0, 0.05) is 42.9 Å². The van der Waals surface area contributed by atoms with Gasteiger partial charge in [-0.05, 0) is 26.7 Å². The molecule has 23 heavy (non-hydrogen) atoms. The van der Waals surface area contributed by atoms with E-state index in [1.54, 1.807) is 17.5 Å². The van der Waals surface area contributed by atoms with Crippen molar-refractivity contribution in [2.24, 2.45) is 0 Å². The molecule has 1 amide bonds. The smallest absolute Gasteiger partial charge is 0.271 e. The van der Waals surface area contributed by atoms with Crippen molar-refractivity contribution < 1.29 is 4.79 Å². The van der Waals surface area contributed by atoms with Gasteiger partial charge in [-0.1, -0.05) is 0 Å². The summed E-state index contributed by atoms with van der Waals surface area (Å²) in [5.41, 5.74) is 1.52. The van der Waals surface area contributed by atoms with Crippen LogP contribution in [0, 0.1) is 13.8 Å². The van der Waals surface area contributed by atoms with Crippen LogP contribution in [0.15, 0.2) is 18.6 Å². The monoisotopic (exact) mass is 331 g/mol. The highest BCUT2D eigenvalue weighted by Gasteiger charge is 2.22. The summed E-state index contributed by atoms with van der Waals surface area (Å²) < 4.78 is 0. The summed E-state index contributed by atoms with van der Waals surface area (Å²) in [6.07, 6.45) is 6.53. The Hall–Kier alpha value is -1.86. The maximum atomic E-state index is 12.1. The number of aryl methyl sites for hydroxylation is 2. The summed E-state index contributed by atoms with van der Waals surface area (Å²) in [5.74, 6) is -0.134. The molecule has 6 nitrogen and oxygen atoms in total. The molecule has 7 heteroatoms. The van der Waals surface area contributed by atoms with Crippen LogP contribution < -0.4 is 5.32 Å². The SMILES string of the molecule is Cc1nc(C)c(CN2CCC(NC(=O)c3cnccn3)CC2)s1. The zero-order chi connectivity index (χ0) is 16.2. The minimum Gasteiger partial charge on any atom is -0.348 e. The first-order valence-corrected chi connectivity index (χ1v) is 8.65. The van der Waals surface area contributed by atoms with Gasteiger partial charge in [-0.15, -0.1) is 11.3 Å². The fourth-order valence-corrected chi connectivity index (χ4v) is 3.81. The average Bonchev–Trinajstić information content (AvgIpc) is 2.87. The molecule has 2 aromatic heterocycles. The molecule has 0 bridgehead atoms. The topological polar surface area (TPSA) is 71.0 Å². The maximum absolute atomic E-state index is 12.1. The van der Waals surface area contributed by atoms with Crippen LogP contribution in [0.25, 0.3) is 0 Å². The van der Waals surface area contributed by atoms with E-state index in [4.69, 9.17) is 0 Å². The number of nitrogens with zero attached hydrogens (tertiary/aromatic N) is 4. The van der Waals surface area contributed by atoms with Crippen LogP contribution in [0.3, 0.4) is 0 Å². The van der Waals surface area contributed by atoms with E-state index in [2.05, 4.69) is 39.0 Å². The standard InChI is InChI=1S/C16H21N5OS/c1-11-15(23-12(2)19-11)10-21-7-3-13(4-8-21)20-16(22)14-9-17-5-6-18-14/h5-6,9,13H,3-4,7-8,10H2,1-2H3,(H,20,22). The number of hydrogen-bond acceptors (Lipinski definition) is 6. The van der Waals surface area contributed by atoms with Gasteiger partial charge in [0.15, 0.2) is 0 Å². The van der Waals surface area contributed by atoms with Crippen LogP contribution in [-0.2, 0) is 6.54 Å². The summed E-state index contributed by atoms with van der Waals surface area (Å²) in [6, 6.07) is 0.213. The Balaban J connectivity index is 1.49. The Labute approximate surface area is 140 Å². The molecule has 3 rings (SSSR count). The Morgan fingerprint density at radius 3 is 2.74 bits per heavy atom. The van der Waals surface area contributed by atoms with Crippen LogP contribution in [-0.4, -0.2) is 44.9 Å². The Morgan fingerprint density at radius 2 is 2.13 bits per heavy atom. The second-order valence-electron chi connectivity index (χ2n) is 5.86. The summed E-state index contributed by atoms with van der Waals surface area (Å²) in [6.45, 7) is 7.06. The molecule has 0 spiro atoms. The van der Waals surface area contributed by atoms with E-state index in [1.165, 1.54) is 17.3 Å². The molecule has 1 aliphatic heterocycles. The number of likely N-dealkylation sites (tertiary alicyclic amines) is 1. The van der Waals surface area contributed by atoms with Crippen molar-refractivity contribution in [2.45, 2.75) is 39.3 Å². The number of piperidine rings is 1. The normalized spacial score (nSPS) is 16.4. The number of rotatable bonds is 4. The van der Waals surface area contributed by atoms with Crippen molar-refractivity contribution >= 4 is 17.2 Å². The first-order valence-electron chi connectivity index (χ1n) is 7.84. The highest BCUT2D eigenvalue weighted by atomic mass is 32.1. The molecule has 1 saturated heterocycles. The van der Waals surface area contributed by atoms with Crippen molar-refractivity contribution in [3.8, 4) is 0 Å². The van der Waals surface area contributed by atoms with Gasteiger partial charge in [-0.25, -0.2) is 9.97 Å². The van der Waals surface area contributed by atoms with Crippen LogP contribution >= 0.6 is 11.3 Å². The van der Waals surface area contributed by atoms with E-state index in [-0.39, 0.29) is 11.9 Å². The lowest BCUT2D eigenvalue weighted by Gasteiger charge is -2.32. The quantitative estimate of drug-likeness (QED) is 0.927. The summed E-state index contributed by atoms with van der Waals surface area (Å²) in [5, 5.41) is 4.19. The molecule has 1 fully saturated rings. The van der Waals surface area contributed by atoms with Gasteiger partial charge < -0.3 is 5.32 Å². The van der Waals surface area contributed by atoms with Gasteiger partial charge >= 0.3 is 0 Å². The van der Waals surface area contributed by atoms with Crippen molar-refractivity contribution in [3.05, 3.63) is 39.9 Å². The minimum atomic E-state index is -0.134. The first-order chi connectivity index (χ1) is 11.1. The lowest BCUT2D eigenvalue weighted by Crippen LogP contribution is -2.44. The molecular weight excluding hydrogens is 310 g/mol. The van der Waals surface area contributed by atoms with Crippen molar-refractivity contribution in [1.29, 1.82) is 0 Å². The molecule has 0 saturated carbocycles. The molecule has 122 valence electrons. The molecule has 1 aliphatic rings. The summed E-state index contributed by atoms with van der Waals surface area (Å²) in [7, 11) is 0. The third kappa shape index (κ3) is 4.11. The lowest BCUT2D eigenvalue weighted by molar-refractivity contribution is 0.0904. The van der Waals surface area contributed by atoms with E-state index in [9.17, 15) is 4.79 Å². The van der Waals surface area contributed by atoms with Crippen LogP contribution in [0.1, 0.15) is 38.9 Å². The predicted octanol–water partition coefficient (Wildman–Crippen LogP) is 1.94. The van der Waals surface area contributed by atoms with Gasteiger partial charge in [0.05, 0.1) is 16.9 Å². The summed E-state index contributed by atoms with van der Waals surface area (Å²) >= 11 is 1.78. The van der Waals surface area contributed by atoms with E-state index < -0.39 is 0 Å². The minimum absolute atomic E-state index is 0.134. The van der Waals surface area contributed by atoms with Gasteiger partial charge in [0.2, 0.25) is 0 Å². The van der Waals surface area contributed by atoms with Crippen molar-refractivity contribution in [3.63, 3.8) is 0 Å². The molecule has 0 aliphatic carbocycles. The predicted molar refractivity (Wildman–Crippen MR) is 89.4 cm³/mol. The van der Waals surface area contributed by atoms with Crippen LogP contribution in [0.2, 0.25) is 0 Å². The van der Waals surface area contributed by atoms with Gasteiger partial charge in [0.1, 0.15) is 5.69 Å². The fourth-order valence-electron chi connectivity index (χ4n) is 2.83. The fraction of sp³-hybridized carbons (Fsp3) is 0.500. The van der Waals surface area contributed by atoms with Crippen molar-refractivity contribution in [2.75, 3.05) is 13.1 Å². The molecule has 0 aromatic carbocycles. The zero-order valence-electron chi connectivity index (χ0n) is 13.5. The molecule has 0 radical (unpaired) electrons. The number of carbonyl (C=O) groups is 1. The second-order valence-corrected chi connectivity index (χ2v) is 7.14. The van der Waals surface area contributed by atoms with Gasteiger partial charge in [0.25, 0.3) is 5.91 Å². The van der Waals surface area contributed by atoms with Crippen LogP contribution in [0.4, 0.5) is 0 Å². The first kappa shape index (κ1) is 16.0. The Bertz CT molecular complexity index is 664. The number of carbonyl (C=O) groups excluding carboxylic acids is 1. The summed E-state index contributed by atoms with van der Waals surface area (Å²) in [4.78, 5) is 28.3. The van der Waals surface area contributed by atoms with Gasteiger partial charge in [-0.3, -0.25) is 14.7 Å². The third-order valence-corrected chi connectivity index (χ3v) is 5.14. The maximum Gasteiger partial charge on any atom is 0.271 e. The molecular formula is C16H21N5OS.